The van der Waals surface area contributed by atoms with Crippen LogP contribution in [0.2, 0.25) is 0 Å². The van der Waals surface area contributed by atoms with Crippen molar-refractivity contribution in [2.75, 3.05) is 0 Å². The van der Waals surface area contributed by atoms with Gasteiger partial charge in [-0.2, -0.15) is 5.26 Å². The molecule has 3 nitrogen and oxygen atoms in total. The van der Waals surface area contributed by atoms with Crippen LogP contribution in [0.4, 0.5) is 0 Å². The largest absolute Gasteiger partial charge is 0.331 e. The minimum absolute atomic E-state index is 0.494. The van der Waals surface area contributed by atoms with Gasteiger partial charge >= 0.3 is 0 Å². The molecule has 1 heterocycles. The van der Waals surface area contributed by atoms with Crippen molar-refractivity contribution in [2.24, 2.45) is 0 Å². The number of aromatic amines is 1. The fraction of sp³-hybridized carbons (Fsp3) is 0.429. The Hall–Kier alpha value is -1.60. The first-order valence-corrected chi connectivity index (χ1v) is 6.85. The normalized spacial score (nSPS) is 16.8. The summed E-state index contributed by atoms with van der Waals surface area (Å²) in [7, 11) is 0. The predicted octanol–water partition coefficient (Wildman–Crippen LogP) is 4.08. The number of nitriles is 1. The second-order valence-corrected chi connectivity index (χ2v) is 5.32. The Bertz CT molecular complexity index is 668. The van der Waals surface area contributed by atoms with Crippen molar-refractivity contribution in [3.05, 3.63) is 28.5 Å². The molecule has 1 aliphatic rings. The van der Waals surface area contributed by atoms with E-state index in [-0.39, 0.29) is 0 Å². The third-order valence-electron chi connectivity index (χ3n) is 3.79. The zero-order chi connectivity index (χ0) is 12.5. The molecule has 0 saturated heterocycles. The molecule has 0 bridgehead atoms. The average molecular weight is 257 g/mol. The number of hydrogen-bond acceptors (Lipinski definition) is 2. The van der Waals surface area contributed by atoms with E-state index in [1.54, 1.807) is 0 Å². The van der Waals surface area contributed by atoms with Gasteiger partial charge in [0, 0.05) is 6.04 Å². The van der Waals surface area contributed by atoms with Gasteiger partial charge in [-0.1, -0.05) is 19.3 Å². The molecule has 0 spiro atoms. The van der Waals surface area contributed by atoms with E-state index in [4.69, 9.17) is 17.5 Å². The monoisotopic (exact) mass is 257 g/mol. The van der Waals surface area contributed by atoms with Gasteiger partial charge < -0.3 is 9.55 Å². The van der Waals surface area contributed by atoms with Crippen molar-refractivity contribution in [1.82, 2.24) is 9.55 Å². The number of H-pyrrole nitrogens is 1. The number of imidazole rings is 1. The SMILES string of the molecule is N#Cc1ccc2[nH]c(=S)n(C3CCCCC3)c2c1. The van der Waals surface area contributed by atoms with E-state index >= 15 is 0 Å². The van der Waals surface area contributed by atoms with Gasteiger partial charge in [0.25, 0.3) is 0 Å². The molecule has 1 fully saturated rings. The van der Waals surface area contributed by atoms with Gasteiger partial charge in [-0.25, -0.2) is 0 Å². The van der Waals surface area contributed by atoms with Crippen molar-refractivity contribution in [2.45, 2.75) is 38.1 Å². The third kappa shape index (κ3) is 1.85. The van der Waals surface area contributed by atoms with E-state index in [9.17, 15) is 0 Å². The van der Waals surface area contributed by atoms with Gasteiger partial charge in [0.05, 0.1) is 22.7 Å². The molecule has 0 aliphatic heterocycles. The molecule has 0 atom stereocenters. The Morgan fingerprint density at radius 2 is 2.06 bits per heavy atom. The Morgan fingerprint density at radius 3 is 2.78 bits per heavy atom. The second kappa shape index (κ2) is 4.58. The molecule has 1 aliphatic carbocycles. The summed E-state index contributed by atoms with van der Waals surface area (Å²) in [6, 6.07) is 8.41. The van der Waals surface area contributed by atoms with Crippen LogP contribution in [0, 0.1) is 16.1 Å². The maximum Gasteiger partial charge on any atom is 0.178 e. The molecular formula is C14H15N3S. The first kappa shape index (κ1) is 11.5. The summed E-state index contributed by atoms with van der Waals surface area (Å²) in [4.78, 5) is 3.24. The maximum atomic E-state index is 9.01. The molecule has 1 saturated carbocycles. The predicted molar refractivity (Wildman–Crippen MR) is 74.0 cm³/mol. The highest BCUT2D eigenvalue weighted by Crippen LogP contribution is 2.31. The van der Waals surface area contributed by atoms with Crippen molar-refractivity contribution >= 4 is 23.3 Å². The summed E-state index contributed by atoms with van der Waals surface area (Å²) in [6.07, 6.45) is 6.26. The van der Waals surface area contributed by atoms with Gasteiger partial charge in [-0.05, 0) is 43.3 Å². The minimum atomic E-state index is 0.494. The summed E-state index contributed by atoms with van der Waals surface area (Å²) in [6.45, 7) is 0. The van der Waals surface area contributed by atoms with Gasteiger partial charge in [-0.3, -0.25) is 0 Å². The number of aromatic nitrogens is 2. The third-order valence-corrected chi connectivity index (χ3v) is 4.09. The van der Waals surface area contributed by atoms with Crippen LogP contribution in [0.25, 0.3) is 11.0 Å². The van der Waals surface area contributed by atoms with Crippen LogP contribution < -0.4 is 0 Å². The first-order valence-electron chi connectivity index (χ1n) is 6.44. The zero-order valence-corrected chi connectivity index (χ0v) is 11.0. The van der Waals surface area contributed by atoms with Crippen LogP contribution in [0.15, 0.2) is 18.2 Å². The lowest BCUT2D eigenvalue weighted by molar-refractivity contribution is 0.357. The van der Waals surface area contributed by atoms with Crippen LogP contribution >= 0.6 is 12.2 Å². The molecule has 1 aromatic heterocycles. The molecule has 4 heteroatoms. The Labute approximate surface area is 111 Å². The molecule has 0 radical (unpaired) electrons. The smallest absolute Gasteiger partial charge is 0.178 e. The number of fused-ring (bicyclic) bond motifs is 1. The summed E-state index contributed by atoms with van der Waals surface area (Å²) in [5.41, 5.74) is 2.80. The van der Waals surface area contributed by atoms with E-state index in [2.05, 4.69) is 15.6 Å². The van der Waals surface area contributed by atoms with Crippen molar-refractivity contribution in [3.63, 3.8) is 0 Å². The van der Waals surface area contributed by atoms with Crippen molar-refractivity contribution in [3.8, 4) is 6.07 Å². The quantitative estimate of drug-likeness (QED) is 0.782. The summed E-state index contributed by atoms with van der Waals surface area (Å²) in [5, 5.41) is 9.01. The van der Waals surface area contributed by atoms with Crippen molar-refractivity contribution in [1.29, 1.82) is 5.26 Å². The van der Waals surface area contributed by atoms with Gasteiger partial charge in [0.1, 0.15) is 0 Å². The van der Waals surface area contributed by atoms with Crippen LogP contribution in [-0.2, 0) is 0 Å². The molecule has 92 valence electrons. The van der Waals surface area contributed by atoms with Gasteiger partial charge in [0.15, 0.2) is 4.77 Å². The molecule has 1 aromatic carbocycles. The lowest BCUT2D eigenvalue weighted by atomic mass is 9.95. The summed E-state index contributed by atoms with van der Waals surface area (Å²) >= 11 is 5.44. The number of benzene rings is 1. The Morgan fingerprint density at radius 1 is 1.28 bits per heavy atom. The van der Waals surface area contributed by atoms with E-state index in [1.165, 1.54) is 32.1 Å². The average Bonchev–Trinajstić information content (AvgIpc) is 2.74. The molecule has 1 N–H and O–H groups in total. The number of rotatable bonds is 1. The first-order chi connectivity index (χ1) is 8.79. The van der Waals surface area contributed by atoms with E-state index in [0.717, 1.165) is 15.8 Å². The van der Waals surface area contributed by atoms with Crippen LogP contribution in [-0.4, -0.2) is 9.55 Å². The van der Waals surface area contributed by atoms with Crippen LogP contribution in [0.1, 0.15) is 43.7 Å². The molecule has 0 amide bonds. The lowest BCUT2D eigenvalue weighted by Crippen LogP contribution is -2.12. The highest BCUT2D eigenvalue weighted by Gasteiger charge is 2.18. The van der Waals surface area contributed by atoms with E-state index in [0.29, 0.717) is 11.6 Å². The number of nitrogens with one attached hydrogen (secondary N) is 1. The summed E-state index contributed by atoms with van der Waals surface area (Å²) < 4.78 is 3.00. The van der Waals surface area contributed by atoms with E-state index < -0.39 is 0 Å². The molecule has 3 rings (SSSR count). The Balaban J connectivity index is 2.17. The Kier molecular flexibility index (Phi) is 2.92. The molecule has 0 unspecified atom stereocenters. The zero-order valence-electron chi connectivity index (χ0n) is 10.1. The van der Waals surface area contributed by atoms with Crippen LogP contribution in [0.3, 0.4) is 0 Å². The molecule has 2 aromatic rings. The fourth-order valence-corrected chi connectivity index (χ4v) is 3.25. The maximum absolute atomic E-state index is 9.01. The van der Waals surface area contributed by atoms with Crippen LogP contribution in [0.5, 0.6) is 0 Å². The van der Waals surface area contributed by atoms with E-state index in [1.807, 2.05) is 18.2 Å². The second-order valence-electron chi connectivity index (χ2n) is 4.94. The highest BCUT2D eigenvalue weighted by molar-refractivity contribution is 7.71. The standard InChI is InChI=1S/C14H15N3S/c15-9-10-6-7-12-13(8-10)17(14(18)16-12)11-4-2-1-3-5-11/h6-8,11H,1-5H2,(H,16,18). The van der Waals surface area contributed by atoms with Gasteiger partial charge in [-0.15, -0.1) is 0 Å². The fourth-order valence-electron chi connectivity index (χ4n) is 2.89. The topological polar surface area (TPSA) is 44.5 Å². The van der Waals surface area contributed by atoms with Gasteiger partial charge in [0.2, 0.25) is 0 Å². The number of nitrogens with zero attached hydrogens (tertiary/aromatic N) is 2. The lowest BCUT2D eigenvalue weighted by Gasteiger charge is -2.23. The summed E-state index contributed by atoms with van der Waals surface area (Å²) in [5.74, 6) is 0. The number of hydrogen-bond donors (Lipinski definition) is 1. The molecule has 18 heavy (non-hydrogen) atoms. The molecular weight excluding hydrogens is 242 g/mol. The van der Waals surface area contributed by atoms with Crippen molar-refractivity contribution < 1.29 is 0 Å². The highest BCUT2D eigenvalue weighted by atomic mass is 32.1. The minimum Gasteiger partial charge on any atom is -0.331 e.